The molecule has 0 saturated carbocycles. The molecule has 2 fully saturated rings. The molecule has 0 aliphatic carbocycles. The van der Waals surface area contributed by atoms with Crippen LogP contribution < -0.4 is 10.1 Å². The number of amides is 1. The Labute approximate surface area is 798 Å². The van der Waals surface area contributed by atoms with E-state index in [1.165, 1.54) is 77.0 Å². The fourth-order valence-corrected chi connectivity index (χ4v) is 19.5. The van der Waals surface area contributed by atoms with E-state index >= 15 is 18.9 Å². The number of nitrogens with one attached hydrogen (secondary N) is 1. The van der Waals surface area contributed by atoms with Gasteiger partial charge in [0.25, 0.3) is 0 Å². The number of hydrogen-bond donors (Lipinski definition) is 1. The van der Waals surface area contributed by atoms with E-state index < -0.39 is 131 Å². The van der Waals surface area contributed by atoms with E-state index in [2.05, 4.69) is 63.8 Å². The van der Waals surface area contributed by atoms with Crippen molar-refractivity contribution >= 4 is 40.0 Å². The first-order chi connectivity index (χ1) is 64.6. The van der Waals surface area contributed by atoms with Crippen LogP contribution >= 0.6 is 7.82 Å². The number of methoxy groups -OCH3 is 1. The number of azide groups is 1. The zero-order chi connectivity index (χ0) is 95.0. The molecule has 0 unspecified atom stereocenters. The first-order valence-electron chi connectivity index (χ1n) is 51.0. The van der Waals surface area contributed by atoms with Crippen LogP contribution in [0.15, 0.2) is 145 Å². The zero-order valence-electron chi connectivity index (χ0n) is 82.4. The number of phosphoric acid groups is 1. The molecule has 2 saturated heterocycles. The molecule has 5 aromatic carbocycles. The van der Waals surface area contributed by atoms with Crippen molar-refractivity contribution in [1.82, 2.24) is 5.32 Å². The number of benzene rings is 5. The summed E-state index contributed by atoms with van der Waals surface area (Å²) in [6, 6.07) is 40.8. The second-order valence-electron chi connectivity index (χ2n) is 38.2. The van der Waals surface area contributed by atoms with Crippen molar-refractivity contribution < 1.29 is 93.8 Å². The monoisotopic (exact) mass is 1890 g/mol. The molecular weight excluding hydrogens is 1720 g/mol. The smallest absolute Gasteiger partial charge is 0.475 e. The summed E-state index contributed by atoms with van der Waals surface area (Å²) in [6.07, 6.45) is 22.8. The van der Waals surface area contributed by atoms with Gasteiger partial charge < -0.3 is 61.8 Å². The number of carbonyl (C=O) groups excluding carboxylic acids is 4. The lowest BCUT2D eigenvalue weighted by Gasteiger charge is -2.49. The van der Waals surface area contributed by atoms with E-state index in [9.17, 15) is 10.3 Å². The summed E-state index contributed by atoms with van der Waals surface area (Å²) in [6.45, 7) is 18.3. The molecule has 742 valence electrons. The van der Waals surface area contributed by atoms with Crippen LogP contribution in [0, 0.1) is 0 Å². The van der Waals surface area contributed by atoms with Gasteiger partial charge in [-0.05, 0) is 101 Å². The van der Waals surface area contributed by atoms with Gasteiger partial charge >= 0.3 is 25.7 Å². The maximum atomic E-state index is 16.1. The number of unbranched alkanes of at least 4 members (excludes halogenated alkanes) is 30. The predicted molar refractivity (Wildman–Crippen MR) is 524 cm³/mol. The topological polar surface area (TPSA) is 285 Å². The van der Waals surface area contributed by atoms with Crippen molar-refractivity contribution in [1.29, 1.82) is 0 Å². The normalized spacial score (nSPS) is 20.3. The van der Waals surface area contributed by atoms with E-state index in [1.807, 2.05) is 153 Å². The fourth-order valence-electron chi connectivity index (χ4n) is 17.1. The van der Waals surface area contributed by atoms with Crippen LogP contribution in [0.25, 0.3) is 10.4 Å². The minimum atomic E-state index is -4.78. The number of rotatable bonds is 70. The standard InChI is InChI=1S/C107H165N4O20PSi/c1-11-15-19-23-27-30-34-37-50-64-90(119-76-84-58-46-42-47-59-84)74-98(115)129-104-100(110-111-108)106(131-133(9,10)107(5,6)7)127-94(101(104)121-78-85-60-48-43-49-61-85)82-122-105-99(109-95(112)72-92(66-52-39-36-32-29-25-21-17-13-3)125-96(113)67-53-40-33-26-22-18-14-4)103(128-97(114)73-91(65-51-38-35-31-28-24-20-16-12-2)120-77-86-68-70-89(117-8)71-69-86)102(93(126-105)81-118-75-83-56-44-41-45-57-83)130-132(116)123-79-87-62-54-55-63-88(87)80-124-132/h41-49,54-63,68-71,90-94,99-106H,11-40,50-53,64-67,72-82H2,1-10H3,(H,109,112)/t90-,91-,92-,93-,94-,99-,100-,101-,102-,103-,104-,105-,106+/m1/s1. The maximum absolute atomic E-state index is 16.1. The van der Waals surface area contributed by atoms with Gasteiger partial charge in [0.2, 0.25) is 5.91 Å². The minimum Gasteiger partial charge on any atom is -0.497 e. The molecule has 3 aliphatic heterocycles. The van der Waals surface area contributed by atoms with Gasteiger partial charge in [0, 0.05) is 11.3 Å². The van der Waals surface area contributed by atoms with Gasteiger partial charge in [0.15, 0.2) is 27.0 Å². The summed E-state index contributed by atoms with van der Waals surface area (Å²) in [5.41, 5.74) is 15.6. The molecular formula is C107H165N4O20PSi. The van der Waals surface area contributed by atoms with Crippen molar-refractivity contribution in [3.05, 3.63) is 183 Å². The van der Waals surface area contributed by atoms with Crippen molar-refractivity contribution in [2.24, 2.45) is 5.11 Å². The Hall–Kier alpha value is -6.90. The highest BCUT2D eigenvalue weighted by Crippen LogP contribution is 2.56. The van der Waals surface area contributed by atoms with Crippen LogP contribution in [0.1, 0.15) is 345 Å². The summed E-state index contributed by atoms with van der Waals surface area (Å²) >= 11 is 0. The van der Waals surface area contributed by atoms with Crippen LogP contribution in [0.4, 0.5) is 0 Å². The zero-order valence-corrected chi connectivity index (χ0v) is 84.3. The van der Waals surface area contributed by atoms with E-state index in [-0.39, 0.29) is 71.9 Å². The lowest BCUT2D eigenvalue weighted by atomic mass is 9.95. The molecule has 13 atom stereocenters. The van der Waals surface area contributed by atoms with E-state index in [4.69, 9.17) is 70.1 Å². The second kappa shape index (κ2) is 64.3. The number of hydrogen-bond acceptors (Lipinski definition) is 21. The molecule has 3 heterocycles. The highest BCUT2D eigenvalue weighted by atomic mass is 31.2. The Morgan fingerprint density at radius 3 is 1.35 bits per heavy atom. The first kappa shape index (κ1) is 111. The quantitative estimate of drug-likeness (QED) is 0.00553. The van der Waals surface area contributed by atoms with Crippen LogP contribution in [0.2, 0.25) is 18.1 Å². The average Bonchev–Trinajstić information content (AvgIpc) is 1.29. The fraction of sp³-hybridized carbons (Fsp3) is 0.682. The van der Waals surface area contributed by atoms with Gasteiger partial charge in [0.1, 0.15) is 54.5 Å². The Kier molecular flexibility index (Phi) is 53.9. The Morgan fingerprint density at radius 1 is 0.466 bits per heavy atom. The summed E-state index contributed by atoms with van der Waals surface area (Å²) in [5, 5.41) is 7.22. The van der Waals surface area contributed by atoms with Crippen molar-refractivity contribution in [2.75, 3.05) is 20.3 Å². The number of phosphoric ester groups is 1. The van der Waals surface area contributed by atoms with Crippen molar-refractivity contribution in [3.63, 3.8) is 0 Å². The Bertz CT molecular complexity index is 4040. The van der Waals surface area contributed by atoms with Gasteiger partial charge in [0.05, 0.1) is 91.4 Å². The average molecular weight is 1890 g/mol. The Morgan fingerprint density at radius 2 is 0.880 bits per heavy atom. The van der Waals surface area contributed by atoms with Crippen LogP contribution in [0.5, 0.6) is 5.75 Å². The second-order valence-corrected chi connectivity index (χ2v) is 44.6. The molecule has 0 radical (unpaired) electrons. The van der Waals surface area contributed by atoms with Gasteiger partial charge in [-0.3, -0.25) is 32.7 Å². The SMILES string of the molecule is CCCCCCCCCCC[C@H](CC(=O)O[C@@H]1[C@@H](N=[N+]=[N-])[C@H](O[Si](C)(C)C(C)(C)C)O[C@H](CO[C@@H]2O[C@H](COCc3ccccc3)[C@@H](OP3(=O)OCc4ccccc4CO3)[C@H](OC(=O)C[C@@H](CCCCCCCCCCC)OCc3ccc(OC)cc3)[C@H]2NC(=O)C[C@@H](CCCCCCCCCCC)OC(=O)CCCCCCCCC)[C@H]1OCc1ccccc1)OCc1ccccc1. The van der Waals surface area contributed by atoms with Crippen LogP contribution in [-0.4, -0.2) is 132 Å². The molecule has 0 aromatic heterocycles. The number of nitrogens with zero attached hydrogens (tertiary/aromatic N) is 3. The van der Waals surface area contributed by atoms with Crippen LogP contribution in [-0.2, 0) is 129 Å². The number of ether oxygens (including phenoxy) is 11. The third-order valence-electron chi connectivity index (χ3n) is 26.1. The summed E-state index contributed by atoms with van der Waals surface area (Å²) in [7, 11) is -6.15. The molecule has 0 bridgehead atoms. The molecule has 1 N–H and O–H groups in total. The maximum Gasteiger partial charge on any atom is 0.475 e. The van der Waals surface area contributed by atoms with E-state index in [0.29, 0.717) is 49.0 Å². The number of fused-ring (bicyclic) bond motifs is 1. The van der Waals surface area contributed by atoms with Crippen molar-refractivity contribution in [3.8, 4) is 5.75 Å². The molecule has 3 aliphatic rings. The van der Waals surface area contributed by atoms with Crippen LogP contribution in [0.3, 0.4) is 0 Å². The Balaban J connectivity index is 1.26. The van der Waals surface area contributed by atoms with Gasteiger partial charge in [-0.25, -0.2) is 4.57 Å². The highest BCUT2D eigenvalue weighted by Gasteiger charge is 2.57. The molecule has 24 nitrogen and oxygen atoms in total. The van der Waals surface area contributed by atoms with Gasteiger partial charge in [-0.1, -0.05) is 386 Å². The molecule has 8 rings (SSSR count). The van der Waals surface area contributed by atoms with E-state index in [1.54, 1.807) is 7.11 Å². The lowest BCUT2D eigenvalue weighted by molar-refractivity contribution is -0.301. The largest absolute Gasteiger partial charge is 0.497 e. The van der Waals surface area contributed by atoms with E-state index in [0.717, 1.165) is 151 Å². The molecule has 5 aromatic rings. The third-order valence-corrected chi connectivity index (χ3v) is 31.9. The summed E-state index contributed by atoms with van der Waals surface area (Å²) in [5.74, 6) is -1.77. The predicted octanol–water partition coefficient (Wildman–Crippen LogP) is 26.7. The first-order valence-corrected chi connectivity index (χ1v) is 55.3. The van der Waals surface area contributed by atoms with Gasteiger partial charge in [-0.15, -0.1) is 0 Å². The third kappa shape index (κ3) is 42.9. The molecule has 1 amide bonds. The molecule has 26 heteroatoms. The summed E-state index contributed by atoms with van der Waals surface area (Å²) < 4.78 is 118. The molecule has 133 heavy (non-hydrogen) atoms. The number of carbonyl (C=O) groups is 4. The molecule has 0 spiro atoms. The number of esters is 3. The lowest BCUT2D eigenvalue weighted by Crippen LogP contribution is -2.67. The van der Waals surface area contributed by atoms with Crippen molar-refractivity contribution in [2.45, 2.75) is 449 Å². The summed E-state index contributed by atoms with van der Waals surface area (Å²) in [4.78, 5) is 65.3. The van der Waals surface area contributed by atoms with Gasteiger partial charge in [-0.2, -0.15) is 0 Å². The highest BCUT2D eigenvalue weighted by molar-refractivity contribution is 7.48. The minimum absolute atomic E-state index is 0.0468.